The molecule has 1 fully saturated rings. The molecule has 1 aliphatic heterocycles. The van der Waals surface area contributed by atoms with E-state index in [-0.39, 0.29) is 30.2 Å². The highest BCUT2D eigenvalue weighted by Crippen LogP contribution is 2.31. The molecule has 1 aromatic heterocycles. The molecule has 0 radical (unpaired) electrons. The third-order valence-electron chi connectivity index (χ3n) is 4.25. The molecule has 0 spiro atoms. The fourth-order valence-electron chi connectivity index (χ4n) is 2.83. The molecule has 0 bridgehead atoms. The van der Waals surface area contributed by atoms with Crippen molar-refractivity contribution in [2.45, 2.75) is 26.3 Å². The van der Waals surface area contributed by atoms with E-state index >= 15 is 0 Å². The van der Waals surface area contributed by atoms with Crippen molar-refractivity contribution in [2.24, 2.45) is 5.92 Å². The summed E-state index contributed by atoms with van der Waals surface area (Å²) < 4.78 is 14.3. The Kier molecular flexibility index (Phi) is 5.42. The summed E-state index contributed by atoms with van der Waals surface area (Å²) >= 11 is 1.43. The monoisotopic (exact) mass is 342 g/mol. The van der Waals surface area contributed by atoms with Crippen LogP contribution in [0.15, 0.2) is 18.2 Å². The molecule has 22 heavy (non-hydrogen) atoms. The number of piperidine rings is 1. The number of carbonyl (C=O) groups is 1. The van der Waals surface area contributed by atoms with Crippen molar-refractivity contribution in [3.05, 3.63) is 34.5 Å². The van der Waals surface area contributed by atoms with Gasteiger partial charge in [0, 0.05) is 17.3 Å². The van der Waals surface area contributed by atoms with Gasteiger partial charge >= 0.3 is 0 Å². The van der Waals surface area contributed by atoms with Gasteiger partial charge < -0.3 is 10.6 Å². The molecule has 2 heterocycles. The smallest absolute Gasteiger partial charge is 0.261 e. The van der Waals surface area contributed by atoms with E-state index in [0.29, 0.717) is 10.8 Å². The maximum absolute atomic E-state index is 13.3. The largest absolute Gasteiger partial charge is 0.347 e. The number of thiophene rings is 1. The zero-order chi connectivity index (χ0) is 15.0. The molecule has 1 saturated heterocycles. The minimum atomic E-state index is -0.263. The third-order valence-corrected chi connectivity index (χ3v) is 5.52. The predicted molar refractivity (Wildman–Crippen MR) is 91.7 cm³/mol. The Labute approximate surface area is 139 Å². The number of hydrogen-bond acceptors (Lipinski definition) is 3. The molecule has 0 aliphatic carbocycles. The van der Waals surface area contributed by atoms with Crippen molar-refractivity contribution in [1.29, 1.82) is 0 Å². The van der Waals surface area contributed by atoms with Gasteiger partial charge in [-0.05, 0) is 55.0 Å². The third kappa shape index (κ3) is 3.26. The van der Waals surface area contributed by atoms with Crippen LogP contribution in [0.1, 0.15) is 28.6 Å². The van der Waals surface area contributed by atoms with Crippen LogP contribution in [-0.2, 0) is 0 Å². The first-order valence-corrected chi connectivity index (χ1v) is 8.08. The molecular formula is C16H20ClFN2OS. The van der Waals surface area contributed by atoms with Crippen LogP contribution in [0.5, 0.6) is 0 Å². The zero-order valence-electron chi connectivity index (χ0n) is 12.6. The lowest BCUT2D eigenvalue weighted by Crippen LogP contribution is -2.50. The van der Waals surface area contributed by atoms with Crippen LogP contribution in [0, 0.1) is 18.7 Å². The van der Waals surface area contributed by atoms with Gasteiger partial charge in [0.1, 0.15) is 5.82 Å². The number of rotatable bonds is 2. The number of fused-ring (bicyclic) bond motifs is 1. The first kappa shape index (κ1) is 17.2. The van der Waals surface area contributed by atoms with Crippen LogP contribution < -0.4 is 10.6 Å². The summed E-state index contributed by atoms with van der Waals surface area (Å²) in [5, 5.41) is 7.26. The summed E-state index contributed by atoms with van der Waals surface area (Å²) in [6.07, 6.45) is 1.07. The maximum Gasteiger partial charge on any atom is 0.261 e. The first-order valence-electron chi connectivity index (χ1n) is 7.26. The Morgan fingerprint density at radius 2 is 2.23 bits per heavy atom. The van der Waals surface area contributed by atoms with Gasteiger partial charge in [-0.2, -0.15) is 0 Å². The molecule has 2 atom stereocenters. The van der Waals surface area contributed by atoms with Crippen LogP contribution in [0.4, 0.5) is 4.39 Å². The van der Waals surface area contributed by atoms with E-state index in [1.165, 1.54) is 23.5 Å². The molecule has 1 aromatic carbocycles. The van der Waals surface area contributed by atoms with Gasteiger partial charge in [0.2, 0.25) is 0 Å². The first-order chi connectivity index (χ1) is 10.1. The van der Waals surface area contributed by atoms with Crippen LogP contribution >= 0.6 is 23.7 Å². The SMILES string of the molecule is Cc1c(C(=O)NC2CNCCC2C)sc2ccc(F)cc12.Cl. The molecule has 1 amide bonds. The zero-order valence-corrected chi connectivity index (χ0v) is 14.2. The van der Waals surface area contributed by atoms with E-state index in [1.807, 2.05) is 6.92 Å². The Balaban J connectivity index is 0.00000176. The minimum absolute atomic E-state index is 0. The topological polar surface area (TPSA) is 41.1 Å². The summed E-state index contributed by atoms with van der Waals surface area (Å²) in [5.74, 6) is 0.164. The van der Waals surface area contributed by atoms with Gasteiger partial charge in [-0.1, -0.05) is 6.92 Å². The summed E-state index contributed by atoms with van der Waals surface area (Å²) in [4.78, 5) is 13.2. The predicted octanol–water partition coefficient (Wildman–Crippen LogP) is 3.50. The second kappa shape index (κ2) is 6.94. The van der Waals surface area contributed by atoms with Gasteiger partial charge in [-0.15, -0.1) is 23.7 Å². The van der Waals surface area contributed by atoms with Gasteiger partial charge in [0.05, 0.1) is 4.88 Å². The molecule has 0 saturated carbocycles. The highest BCUT2D eigenvalue weighted by Gasteiger charge is 2.24. The van der Waals surface area contributed by atoms with Gasteiger partial charge in [-0.3, -0.25) is 4.79 Å². The lowest BCUT2D eigenvalue weighted by Gasteiger charge is -2.30. The van der Waals surface area contributed by atoms with Crippen LogP contribution in [0.3, 0.4) is 0 Å². The summed E-state index contributed by atoms with van der Waals surface area (Å²) in [6.45, 7) is 5.87. The van der Waals surface area contributed by atoms with Crippen molar-refractivity contribution in [3.63, 3.8) is 0 Å². The van der Waals surface area contributed by atoms with E-state index in [2.05, 4.69) is 17.6 Å². The van der Waals surface area contributed by atoms with Crippen LogP contribution in [-0.4, -0.2) is 25.0 Å². The number of benzene rings is 1. The molecule has 1 aliphatic rings. The van der Waals surface area contributed by atoms with Crippen molar-refractivity contribution < 1.29 is 9.18 Å². The molecule has 2 aromatic rings. The Hall–Kier alpha value is -1.17. The van der Waals surface area contributed by atoms with Gasteiger partial charge in [0.15, 0.2) is 0 Å². The highest BCUT2D eigenvalue weighted by atomic mass is 35.5. The van der Waals surface area contributed by atoms with Crippen molar-refractivity contribution >= 4 is 39.7 Å². The molecule has 3 nitrogen and oxygen atoms in total. The summed E-state index contributed by atoms with van der Waals surface area (Å²) in [7, 11) is 0. The lowest BCUT2D eigenvalue weighted by atomic mass is 9.95. The number of carbonyl (C=O) groups excluding carboxylic acids is 1. The second-order valence-electron chi connectivity index (χ2n) is 5.75. The molecule has 120 valence electrons. The number of aryl methyl sites for hydroxylation is 1. The Morgan fingerprint density at radius 3 is 2.95 bits per heavy atom. The number of hydrogen-bond donors (Lipinski definition) is 2. The van der Waals surface area contributed by atoms with E-state index in [1.54, 1.807) is 6.07 Å². The average Bonchev–Trinajstić information content (AvgIpc) is 2.79. The highest BCUT2D eigenvalue weighted by molar-refractivity contribution is 7.21. The fraction of sp³-hybridized carbons (Fsp3) is 0.438. The molecule has 6 heteroatoms. The summed E-state index contributed by atoms with van der Waals surface area (Å²) in [6, 6.07) is 4.84. The van der Waals surface area contributed by atoms with Gasteiger partial charge in [-0.25, -0.2) is 4.39 Å². The van der Waals surface area contributed by atoms with Crippen molar-refractivity contribution in [1.82, 2.24) is 10.6 Å². The van der Waals surface area contributed by atoms with Crippen molar-refractivity contribution in [3.8, 4) is 0 Å². The second-order valence-corrected chi connectivity index (χ2v) is 6.80. The quantitative estimate of drug-likeness (QED) is 0.877. The average molecular weight is 343 g/mol. The Morgan fingerprint density at radius 1 is 1.45 bits per heavy atom. The number of amides is 1. The molecule has 3 rings (SSSR count). The standard InChI is InChI=1S/C16H19FN2OS.ClH/c1-9-5-6-18-8-13(9)19-16(20)15-10(2)12-7-11(17)3-4-14(12)21-15;/h3-4,7,9,13,18H,5-6,8H2,1-2H3,(H,19,20);1H. The van der Waals surface area contributed by atoms with Gasteiger partial charge in [0.25, 0.3) is 5.91 Å². The van der Waals surface area contributed by atoms with Crippen LogP contribution in [0.2, 0.25) is 0 Å². The number of halogens is 2. The molecular weight excluding hydrogens is 323 g/mol. The van der Waals surface area contributed by atoms with E-state index in [9.17, 15) is 9.18 Å². The summed E-state index contributed by atoms with van der Waals surface area (Å²) in [5.41, 5.74) is 0.864. The van der Waals surface area contributed by atoms with E-state index in [4.69, 9.17) is 0 Å². The Bertz CT molecular complexity index is 688. The minimum Gasteiger partial charge on any atom is -0.347 e. The normalized spacial score (nSPS) is 21.4. The number of nitrogens with one attached hydrogen (secondary N) is 2. The van der Waals surface area contributed by atoms with Crippen molar-refractivity contribution in [2.75, 3.05) is 13.1 Å². The van der Waals surface area contributed by atoms with E-state index < -0.39 is 0 Å². The fourth-order valence-corrected chi connectivity index (χ4v) is 3.92. The lowest BCUT2D eigenvalue weighted by molar-refractivity contribution is 0.0919. The molecule has 2 unspecified atom stereocenters. The molecule has 2 N–H and O–H groups in total. The van der Waals surface area contributed by atoms with Crippen LogP contribution in [0.25, 0.3) is 10.1 Å². The maximum atomic E-state index is 13.3. The van der Waals surface area contributed by atoms with E-state index in [0.717, 1.165) is 35.2 Å².